The monoisotopic (exact) mass is 442 g/mol. The molecule has 0 aliphatic carbocycles. The first-order chi connectivity index (χ1) is 14.7. The Morgan fingerprint density at radius 3 is 2.35 bits per heavy atom. The number of rotatable bonds is 4. The number of carbonyl (C=O) groups excluding carboxylic acids is 1. The Kier molecular flexibility index (Phi) is 5.53. The Morgan fingerprint density at radius 2 is 1.71 bits per heavy atom. The van der Waals surface area contributed by atoms with Crippen LogP contribution in [-0.2, 0) is 10.0 Å². The average molecular weight is 443 g/mol. The van der Waals surface area contributed by atoms with Crippen LogP contribution in [0.3, 0.4) is 0 Å². The SMILES string of the molecule is COc1ccc2oc(C(=O)N3CCN(S(=O)(=O)c4ccc(C)cc4C)CC3)c(C)c2c1. The number of furan rings is 1. The van der Waals surface area contributed by atoms with Gasteiger partial charge in [-0.2, -0.15) is 4.31 Å². The van der Waals surface area contributed by atoms with Crippen LogP contribution in [0.15, 0.2) is 45.7 Å². The summed E-state index contributed by atoms with van der Waals surface area (Å²) in [7, 11) is -2.01. The highest BCUT2D eigenvalue weighted by atomic mass is 32.2. The largest absolute Gasteiger partial charge is 0.497 e. The Hall–Kier alpha value is -2.84. The van der Waals surface area contributed by atoms with Crippen molar-refractivity contribution in [1.29, 1.82) is 0 Å². The van der Waals surface area contributed by atoms with E-state index in [2.05, 4.69) is 0 Å². The van der Waals surface area contributed by atoms with Gasteiger partial charge in [-0.25, -0.2) is 8.42 Å². The van der Waals surface area contributed by atoms with Crippen LogP contribution in [0, 0.1) is 20.8 Å². The van der Waals surface area contributed by atoms with Crippen LogP contribution in [0.5, 0.6) is 5.75 Å². The lowest BCUT2D eigenvalue weighted by Crippen LogP contribution is -2.50. The molecule has 164 valence electrons. The number of piperazine rings is 1. The van der Waals surface area contributed by atoms with Gasteiger partial charge < -0.3 is 14.1 Å². The van der Waals surface area contributed by atoms with Gasteiger partial charge in [0, 0.05) is 37.1 Å². The van der Waals surface area contributed by atoms with E-state index in [1.54, 1.807) is 43.2 Å². The molecule has 2 aromatic carbocycles. The molecule has 7 nitrogen and oxygen atoms in total. The standard InChI is InChI=1S/C23H26N2O5S/c1-15-5-8-21(16(2)13-15)31(27,28)25-11-9-24(10-12-25)23(26)22-17(3)19-14-18(29-4)6-7-20(19)30-22/h5-8,13-14H,9-12H2,1-4H3. The number of methoxy groups -OCH3 is 1. The van der Waals surface area contributed by atoms with Crippen molar-refractivity contribution in [3.05, 3.63) is 58.8 Å². The molecule has 0 saturated carbocycles. The quantitative estimate of drug-likeness (QED) is 0.618. The molecular weight excluding hydrogens is 416 g/mol. The van der Waals surface area contributed by atoms with Crippen LogP contribution in [0.2, 0.25) is 0 Å². The molecule has 1 aliphatic heterocycles. The Bertz CT molecular complexity index is 1250. The van der Waals surface area contributed by atoms with Crippen LogP contribution < -0.4 is 4.74 Å². The van der Waals surface area contributed by atoms with E-state index in [1.807, 2.05) is 26.0 Å². The van der Waals surface area contributed by atoms with Crippen molar-refractivity contribution in [2.24, 2.45) is 0 Å². The van der Waals surface area contributed by atoms with Gasteiger partial charge in [0.05, 0.1) is 12.0 Å². The highest BCUT2D eigenvalue weighted by Crippen LogP contribution is 2.30. The van der Waals surface area contributed by atoms with Gasteiger partial charge in [0.1, 0.15) is 11.3 Å². The fraction of sp³-hybridized carbons (Fsp3) is 0.348. The highest BCUT2D eigenvalue weighted by Gasteiger charge is 2.32. The third kappa shape index (κ3) is 3.81. The maximum Gasteiger partial charge on any atom is 0.289 e. The van der Waals surface area contributed by atoms with E-state index in [0.717, 1.165) is 22.1 Å². The molecule has 2 heterocycles. The second-order valence-electron chi connectivity index (χ2n) is 7.88. The van der Waals surface area contributed by atoms with E-state index >= 15 is 0 Å². The third-order valence-electron chi connectivity index (χ3n) is 5.81. The zero-order chi connectivity index (χ0) is 22.3. The Labute approximate surface area is 182 Å². The van der Waals surface area contributed by atoms with Crippen LogP contribution in [0.4, 0.5) is 0 Å². The number of benzene rings is 2. The second kappa shape index (κ2) is 8.01. The van der Waals surface area contributed by atoms with Gasteiger partial charge in [0.2, 0.25) is 10.0 Å². The van der Waals surface area contributed by atoms with Crippen molar-refractivity contribution in [2.45, 2.75) is 25.7 Å². The number of ether oxygens (including phenoxy) is 1. The smallest absolute Gasteiger partial charge is 0.289 e. The average Bonchev–Trinajstić information content (AvgIpc) is 3.08. The molecule has 0 N–H and O–H groups in total. The van der Waals surface area contributed by atoms with Crippen molar-refractivity contribution in [3.8, 4) is 5.75 Å². The van der Waals surface area contributed by atoms with Crippen LogP contribution in [0.25, 0.3) is 11.0 Å². The maximum atomic E-state index is 13.1. The van der Waals surface area contributed by atoms with Gasteiger partial charge in [-0.05, 0) is 50.6 Å². The summed E-state index contributed by atoms with van der Waals surface area (Å²) in [5, 5.41) is 0.832. The number of carbonyl (C=O) groups is 1. The molecular formula is C23H26N2O5S. The molecule has 0 spiro atoms. The minimum Gasteiger partial charge on any atom is -0.497 e. The second-order valence-corrected chi connectivity index (χ2v) is 9.79. The molecule has 1 fully saturated rings. The van der Waals surface area contributed by atoms with Gasteiger partial charge in [0.25, 0.3) is 5.91 Å². The maximum absolute atomic E-state index is 13.1. The van der Waals surface area contributed by atoms with Crippen molar-refractivity contribution < 1.29 is 22.4 Å². The summed E-state index contributed by atoms with van der Waals surface area (Å²) in [5.74, 6) is 0.755. The van der Waals surface area contributed by atoms with Crippen molar-refractivity contribution >= 4 is 26.9 Å². The first-order valence-electron chi connectivity index (χ1n) is 10.2. The molecule has 3 aromatic rings. The summed E-state index contributed by atoms with van der Waals surface area (Å²) in [6.45, 7) is 6.69. The zero-order valence-electron chi connectivity index (χ0n) is 18.1. The van der Waals surface area contributed by atoms with Gasteiger partial charge in [-0.3, -0.25) is 4.79 Å². The van der Waals surface area contributed by atoms with Crippen LogP contribution in [-0.4, -0.2) is 56.8 Å². The lowest BCUT2D eigenvalue weighted by atomic mass is 10.1. The summed E-state index contributed by atoms with van der Waals surface area (Å²) < 4.78 is 38.7. The molecule has 1 saturated heterocycles. The molecule has 8 heteroatoms. The Morgan fingerprint density at radius 1 is 1.00 bits per heavy atom. The van der Waals surface area contributed by atoms with E-state index in [0.29, 0.717) is 29.3 Å². The molecule has 1 aliphatic rings. The van der Waals surface area contributed by atoms with E-state index in [1.165, 1.54) is 4.31 Å². The number of hydrogen-bond donors (Lipinski definition) is 0. The summed E-state index contributed by atoms with van der Waals surface area (Å²) in [4.78, 5) is 15.1. The van der Waals surface area contributed by atoms with Crippen molar-refractivity contribution in [1.82, 2.24) is 9.21 Å². The number of hydrogen-bond acceptors (Lipinski definition) is 5. The number of nitrogens with zero attached hydrogens (tertiary/aromatic N) is 2. The van der Waals surface area contributed by atoms with Gasteiger partial charge in [-0.15, -0.1) is 0 Å². The minimum atomic E-state index is -3.60. The van der Waals surface area contributed by atoms with Crippen molar-refractivity contribution in [3.63, 3.8) is 0 Å². The van der Waals surface area contributed by atoms with E-state index < -0.39 is 10.0 Å². The number of sulfonamides is 1. The molecule has 31 heavy (non-hydrogen) atoms. The topological polar surface area (TPSA) is 80.1 Å². The molecule has 1 aromatic heterocycles. The summed E-state index contributed by atoms with van der Waals surface area (Å²) >= 11 is 0. The minimum absolute atomic E-state index is 0.226. The molecule has 0 unspecified atom stereocenters. The van der Waals surface area contributed by atoms with E-state index in [9.17, 15) is 13.2 Å². The van der Waals surface area contributed by atoms with Crippen LogP contribution >= 0.6 is 0 Å². The molecule has 0 bridgehead atoms. The predicted molar refractivity (Wildman–Crippen MR) is 118 cm³/mol. The molecule has 0 radical (unpaired) electrons. The number of amides is 1. The molecule has 1 amide bonds. The fourth-order valence-corrected chi connectivity index (χ4v) is 5.66. The van der Waals surface area contributed by atoms with Crippen LogP contribution in [0.1, 0.15) is 27.2 Å². The molecule has 4 rings (SSSR count). The van der Waals surface area contributed by atoms with Gasteiger partial charge >= 0.3 is 0 Å². The number of aryl methyl sites for hydroxylation is 3. The highest BCUT2D eigenvalue weighted by molar-refractivity contribution is 7.89. The van der Waals surface area contributed by atoms with Gasteiger partial charge in [-0.1, -0.05) is 17.7 Å². The molecule has 0 atom stereocenters. The third-order valence-corrected chi connectivity index (χ3v) is 7.87. The summed E-state index contributed by atoms with van der Waals surface area (Å²) in [5.41, 5.74) is 3.12. The van der Waals surface area contributed by atoms with E-state index in [4.69, 9.17) is 9.15 Å². The number of fused-ring (bicyclic) bond motifs is 1. The van der Waals surface area contributed by atoms with E-state index in [-0.39, 0.29) is 24.8 Å². The first-order valence-corrected chi connectivity index (χ1v) is 11.6. The summed E-state index contributed by atoms with van der Waals surface area (Å²) in [6, 6.07) is 10.7. The van der Waals surface area contributed by atoms with Crippen molar-refractivity contribution in [2.75, 3.05) is 33.3 Å². The Balaban J connectivity index is 1.52. The normalized spacial score (nSPS) is 15.4. The first kappa shape index (κ1) is 21.4. The fourth-order valence-electron chi connectivity index (χ4n) is 4.03. The zero-order valence-corrected chi connectivity index (χ0v) is 19.0. The predicted octanol–water partition coefficient (Wildman–Crippen LogP) is 3.51. The lowest BCUT2D eigenvalue weighted by molar-refractivity contribution is 0.0667. The van der Waals surface area contributed by atoms with Gasteiger partial charge in [0.15, 0.2) is 5.76 Å². The lowest BCUT2D eigenvalue weighted by Gasteiger charge is -2.34. The summed E-state index contributed by atoms with van der Waals surface area (Å²) in [6.07, 6.45) is 0.